The first-order chi connectivity index (χ1) is 22.3. The molecule has 0 saturated heterocycles. The fourth-order valence-corrected chi connectivity index (χ4v) is 6.01. The van der Waals surface area contributed by atoms with Gasteiger partial charge in [-0.1, -0.05) is 36.9 Å². The van der Waals surface area contributed by atoms with E-state index < -0.39 is 5.25 Å². The zero-order chi connectivity index (χ0) is 32.6. The van der Waals surface area contributed by atoms with Crippen molar-refractivity contribution in [1.29, 1.82) is 0 Å². The van der Waals surface area contributed by atoms with Crippen LogP contribution in [0.3, 0.4) is 0 Å². The quantitative estimate of drug-likeness (QED) is 0.149. The van der Waals surface area contributed by atoms with Crippen molar-refractivity contribution < 1.29 is 33.3 Å². The lowest BCUT2D eigenvalue weighted by Crippen LogP contribution is -2.31. The number of amides is 2. The van der Waals surface area contributed by atoms with E-state index in [1.807, 2.05) is 31.2 Å². The maximum absolute atomic E-state index is 13.8. The molecule has 1 atom stereocenters. The van der Waals surface area contributed by atoms with Crippen LogP contribution in [0.4, 0.5) is 5.69 Å². The molecule has 3 aromatic carbocycles. The molecular weight excluding hydrogens is 612 g/mol. The zero-order valence-electron chi connectivity index (χ0n) is 26.1. The molecular formula is C33H36N4O8S. The minimum atomic E-state index is -0.593. The highest BCUT2D eigenvalue weighted by Gasteiger charge is 2.25. The Labute approximate surface area is 270 Å². The average molecular weight is 649 g/mol. The van der Waals surface area contributed by atoms with Crippen LogP contribution in [0, 0.1) is 0 Å². The summed E-state index contributed by atoms with van der Waals surface area (Å²) in [7, 11) is 4.68. The van der Waals surface area contributed by atoms with Gasteiger partial charge in [0.15, 0.2) is 28.2 Å². The van der Waals surface area contributed by atoms with E-state index in [0.29, 0.717) is 69.9 Å². The Morgan fingerprint density at radius 3 is 2.46 bits per heavy atom. The van der Waals surface area contributed by atoms with Crippen molar-refractivity contribution >= 4 is 40.2 Å². The molecule has 5 rings (SSSR count). The van der Waals surface area contributed by atoms with Gasteiger partial charge >= 0.3 is 0 Å². The minimum absolute atomic E-state index is 0.0291. The van der Waals surface area contributed by atoms with Crippen molar-refractivity contribution in [2.45, 2.75) is 43.1 Å². The maximum Gasteiger partial charge on any atom is 0.262 e. The lowest BCUT2D eigenvalue weighted by molar-refractivity contribution is -0.121. The van der Waals surface area contributed by atoms with Crippen LogP contribution in [0.15, 0.2) is 64.5 Å². The summed E-state index contributed by atoms with van der Waals surface area (Å²) >= 11 is 1.16. The first-order valence-corrected chi connectivity index (χ1v) is 15.6. The number of hydrogen-bond acceptors (Lipinski definition) is 10. The van der Waals surface area contributed by atoms with E-state index in [0.717, 1.165) is 17.3 Å². The van der Waals surface area contributed by atoms with E-state index in [4.69, 9.17) is 28.7 Å². The minimum Gasteiger partial charge on any atom is -0.495 e. The lowest BCUT2D eigenvalue weighted by Gasteiger charge is -2.19. The molecule has 2 N–H and O–H groups in total. The third kappa shape index (κ3) is 7.31. The monoisotopic (exact) mass is 648 g/mol. The van der Waals surface area contributed by atoms with Crippen LogP contribution in [0.1, 0.15) is 25.3 Å². The largest absolute Gasteiger partial charge is 0.495 e. The molecule has 0 fully saturated rings. The van der Waals surface area contributed by atoms with Crippen molar-refractivity contribution in [1.82, 2.24) is 14.9 Å². The van der Waals surface area contributed by atoms with Crippen molar-refractivity contribution in [3.8, 4) is 28.7 Å². The molecule has 0 aliphatic carbocycles. The summed E-state index contributed by atoms with van der Waals surface area (Å²) in [6.45, 7) is 2.38. The Balaban J connectivity index is 1.34. The molecule has 2 amide bonds. The van der Waals surface area contributed by atoms with Crippen LogP contribution >= 0.6 is 11.8 Å². The fourth-order valence-electron chi connectivity index (χ4n) is 4.97. The predicted molar refractivity (Wildman–Crippen MR) is 175 cm³/mol. The molecule has 1 aliphatic heterocycles. The Hall–Kier alpha value is -4.91. The Kier molecular flexibility index (Phi) is 10.5. The number of ether oxygens (including phenoxy) is 5. The van der Waals surface area contributed by atoms with E-state index in [-0.39, 0.29) is 37.1 Å². The first-order valence-electron chi connectivity index (χ1n) is 14.8. The molecule has 0 unspecified atom stereocenters. The van der Waals surface area contributed by atoms with Crippen molar-refractivity contribution in [3.05, 3.63) is 70.5 Å². The third-order valence-electron chi connectivity index (χ3n) is 7.44. The number of fused-ring (bicyclic) bond motifs is 2. The summed E-state index contributed by atoms with van der Waals surface area (Å²) in [6.07, 6.45) is 1.07. The van der Waals surface area contributed by atoms with Crippen LogP contribution in [0.2, 0.25) is 0 Å². The average Bonchev–Trinajstić information content (AvgIpc) is 3.53. The number of nitrogens with one attached hydrogen (secondary N) is 2. The molecule has 242 valence electrons. The highest BCUT2D eigenvalue weighted by Crippen LogP contribution is 2.36. The molecule has 46 heavy (non-hydrogen) atoms. The van der Waals surface area contributed by atoms with Gasteiger partial charge in [-0.05, 0) is 48.7 Å². The van der Waals surface area contributed by atoms with Gasteiger partial charge in [0.2, 0.25) is 18.6 Å². The normalized spacial score (nSPS) is 12.4. The second kappa shape index (κ2) is 14.9. The number of carbonyl (C=O) groups excluding carboxylic acids is 2. The number of aromatic nitrogens is 2. The van der Waals surface area contributed by atoms with E-state index >= 15 is 0 Å². The summed E-state index contributed by atoms with van der Waals surface area (Å²) in [6, 6.07) is 16.0. The second-order valence-electron chi connectivity index (χ2n) is 10.3. The van der Waals surface area contributed by atoms with Gasteiger partial charge in [-0.25, -0.2) is 4.98 Å². The number of anilines is 1. The number of rotatable bonds is 14. The van der Waals surface area contributed by atoms with Gasteiger partial charge in [0.05, 0.1) is 43.2 Å². The van der Waals surface area contributed by atoms with Crippen LogP contribution in [0.25, 0.3) is 10.9 Å². The Morgan fingerprint density at radius 2 is 1.72 bits per heavy atom. The number of carbonyl (C=O) groups is 2. The number of nitrogens with zero attached hydrogens (tertiary/aromatic N) is 2. The number of methoxy groups -OCH3 is 3. The summed E-state index contributed by atoms with van der Waals surface area (Å²) in [5, 5.41) is 5.89. The maximum atomic E-state index is 13.8. The van der Waals surface area contributed by atoms with Gasteiger partial charge in [-0.15, -0.1) is 0 Å². The van der Waals surface area contributed by atoms with Gasteiger partial charge in [-0.2, -0.15) is 0 Å². The molecule has 1 aliphatic rings. The van der Waals surface area contributed by atoms with E-state index in [2.05, 4.69) is 10.6 Å². The van der Waals surface area contributed by atoms with Gasteiger partial charge < -0.3 is 34.3 Å². The SMILES string of the molecule is CC[C@H](Sc1nc2cc3c(cc2c(=O)n1CCC(=O)NCCc1ccc(OC)c(OC)c1)OCO3)C(=O)Nc1ccccc1OC. The number of para-hydroxylation sites is 2. The lowest BCUT2D eigenvalue weighted by atomic mass is 10.1. The highest BCUT2D eigenvalue weighted by molar-refractivity contribution is 8.00. The summed E-state index contributed by atoms with van der Waals surface area (Å²) in [5.74, 6) is 2.22. The van der Waals surface area contributed by atoms with Crippen molar-refractivity contribution in [3.63, 3.8) is 0 Å². The number of hydrogen-bond donors (Lipinski definition) is 2. The summed E-state index contributed by atoms with van der Waals surface area (Å²) in [5.41, 5.74) is 1.58. The molecule has 2 heterocycles. The van der Waals surface area contributed by atoms with Gasteiger partial charge in [0.1, 0.15) is 5.75 Å². The molecule has 0 radical (unpaired) electrons. The molecule has 0 spiro atoms. The number of benzene rings is 3. The number of thioether (sulfide) groups is 1. The summed E-state index contributed by atoms with van der Waals surface area (Å²) < 4.78 is 28.4. The van der Waals surface area contributed by atoms with E-state index in [1.54, 1.807) is 44.6 Å². The highest BCUT2D eigenvalue weighted by atomic mass is 32.2. The van der Waals surface area contributed by atoms with E-state index in [9.17, 15) is 14.4 Å². The van der Waals surface area contributed by atoms with Gasteiger partial charge in [0.25, 0.3) is 5.56 Å². The molecule has 0 saturated carbocycles. The topological polar surface area (TPSA) is 139 Å². The molecule has 13 heteroatoms. The molecule has 0 bridgehead atoms. The first kappa shape index (κ1) is 32.5. The van der Waals surface area contributed by atoms with Crippen LogP contribution in [-0.4, -0.2) is 61.3 Å². The molecule has 4 aromatic rings. The second-order valence-corrected chi connectivity index (χ2v) is 11.5. The van der Waals surface area contributed by atoms with Crippen LogP contribution in [-0.2, 0) is 22.6 Å². The molecule has 1 aromatic heterocycles. The zero-order valence-corrected chi connectivity index (χ0v) is 26.9. The van der Waals surface area contributed by atoms with Crippen molar-refractivity contribution in [2.75, 3.05) is 40.0 Å². The van der Waals surface area contributed by atoms with Gasteiger partial charge in [0, 0.05) is 25.6 Å². The van der Waals surface area contributed by atoms with Crippen LogP contribution < -0.4 is 39.9 Å². The predicted octanol–water partition coefficient (Wildman–Crippen LogP) is 4.41. The Bertz CT molecular complexity index is 1790. The standard InChI is InChI=1S/C33H36N4O8S/c1-5-29(31(39)35-22-8-6-7-9-24(22)41-2)46-33-36-23-18-28-27(44-19-45-28)17-21(23)32(40)37(33)15-13-30(38)34-14-12-20-10-11-25(42-3)26(16-20)43-4/h6-11,16-18,29H,5,12-15,19H2,1-4H3,(H,34,38)(H,35,39)/t29-/m0/s1. The van der Waals surface area contributed by atoms with Crippen molar-refractivity contribution in [2.24, 2.45) is 0 Å². The third-order valence-corrected chi connectivity index (χ3v) is 8.79. The van der Waals surface area contributed by atoms with Crippen LogP contribution in [0.5, 0.6) is 28.7 Å². The smallest absolute Gasteiger partial charge is 0.262 e. The fraction of sp³-hybridized carbons (Fsp3) is 0.333. The van der Waals surface area contributed by atoms with Gasteiger partial charge in [-0.3, -0.25) is 19.0 Å². The summed E-state index contributed by atoms with van der Waals surface area (Å²) in [4.78, 5) is 44.9. The molecule has 12 nitrogen and oxygen atoms in total. The van der Waals surface area contributed by atoms with E-state index in [1.165, 1.54) is 11.7 Å². The Morgan fingerprint density at radius 1 is 0.978 bits per heavy atom.